The maximum absolute atomic E-state index is 13.5. The smallest absolute Gasteiger partial charge is 0.129 e. The third kappa shape index (κ3) is 3.98. The van der Waals surface area contributed by atoms with Crippen LogP contribution in [-0.2, 0) is 0 Å². The summed E-state index contributed by atoms with van der Waals surface area (Å²) in [5.41, 5.74) is 0.361. The lowest BCUT2D eigenvalue weighted by Crippen LogP contribution is -2.48. The monoisotopic (exact) mass is 268 g/mol. The van der Waals surface area contributed by atoms with Crippen LogP contribution in [0, 0.1) is 5.82 Å². The molecule has 0 aliphatic carbocycles. The minimum atomic E-state index is -0.786. The van der Waals surface area contributed by atoms with E-state index in [0.717, 1.165) is 26.2 Å². The first-order chi connectivity index (χ1) is 9.20. The predicted molar refractivity (Wildman–Crippen MR) is 71.3 cm³/mol. The normalized spacial score (nSPS) is 19.5. The van der Waals surface area contributed by atoms with Crippen LogP contribution in [0.15, 0.2) is 24.3 Å². The maximum atomic E-state index is 13.5. The molecule has 0 radical (unpaired) electrons. The van der Waals surface area contributed by atoms with Gasteiger partial charge in [-0.1, -0.05) is 18.2 Å². The number of hydrogen-bond donors (Lipinski definition) is 2. The van der Waals surface area contributed by atoms with Gasteiger partial charge in [0, 0.05) is 44.8 Å². The lowest BCUT2D eigenvalue weighted by atomic mass is 10.1. The third-order valence-electron chi connectivity index (χ3n) is 3.58. The second-order valence-electron chi connectivity index (χ2n) is 4.90. The van der Waals surface area contributed by atoms with Crippen molar-refractivity contribution in [3.8, 4) is 0 Å². The Morgan fingerprint density at radius 1 is 1.11 bits per heavy atom. The number of halogens is 1. The van der Waals surface area contributed by atoms with Gasteiger partial charge in [-0.05, 0) is 6.07 Å². The summed E-state index contributed by atoms with van der Waals surface area (Å²) in [6, 6.07) is 6.36. The van der Waals surface area contributed by atoms with Crippen molar-refractivity contribution in [3.05, 3.63) is 35.6 Å². The molecule has 0 saturated carbocycles. The van der Waals surface area contributed by atoms with E-state index >= 15 is 0 Å². The van der Waals surface area contributed by atoms with E-state index in [1.165, 1.54) is 6.07 Å². The quantitative estimate of drug-likeness (QED) is 0.815. The number of rotatable bonds is 5. The number of hydrogen-bond acceptors (Lipinski definition) is 4. The molecule has 2 rings (SSSR count). The first-order valence-electron chi connectivity index (χ1n) is 6.69. The van der Waals surface area contributed by atoms with E-state index in [9.17, 15) is 9.50 Å². The summed E-state index contributed by atoms with van der Waals surface area (Å²) < 4.78 is 13.5. The van der Waals surface area contributed by atoms with E-state index in [1.54, 1.807) is 18.2 Å². The van der Waals surface area contributed by atoms with Gasteiger partial charge in [0.1, 0.15) is 5.82 Å². The Morgan fingerprint density at radius 2 is 1.74 bits per heavy atom. The van der Waals surface area contributed by atoms with Gasteiger partial charge < -0.3 is 10.2 Å². The van der Waals surface area contributed by atoms with Crippen molar-refractivity contribution in [1.82, 2.24) is 9.80 Å². The molecule has 1 aliphatic rings. The van der Waals surface area contributed by atoms with Gasteiger partial charge in [-0.2, -0.15) is 0 Å². The largest absolute Gasteiger partial charge is 0.395 e. The summed E-state index contributed by atoms with van der Waals surface area (Å²) in [4.78, 5) is 4.32. The second-order valence-corrected chi connectivity index (χ2v) is 4.90. The third-order valence-corrected chi connectivity index (χ3v) is 3.58. The number of aliphatic hydroxyl groups excluding tert-OH is 2. The molecule has 106 valence electrons. The van der Waals surface area contributed by atoms with E-state index in [4.69, 9.17) is 5.11 Å². The van der Waals surface area contributed by atoms with Gasteiger partial charge in [-0.25, -0.2) is 4.39 Å². The Morgan fingerprint density at radius 3 is 2.37 bits per heavy atom. The molecule has 4 nitrogen and oxygen atoms in total. The molecule has 0 spiro atoms. The van der Waals surface area contributed by atoms with Crippen molar-refractivity contribution >= 4 is 0 Å². The zero-order chi connectivity index (χ0) is 13.7. The van der Waals surface area contributed by atoms with E-state index in [-0.39, 0.29) is 12.4 Å². The summed E-state index contributed by atoms with van der Waals surface area (Å²) >= 11 is 0. The summed E-state index contributed by atoms with van der Waals surface area (Å²) in [5, 5.41) is 19.0. The maximum Gasteiger partial charge on any atom is 0.129 e. The second kappa shape index (κ2) is 6.96. The zero-order valence-electron chi connectivity index (χ0n) is 11.0. The highest BCUT2D eigenvalue weighted by atomic mass is 19.1. The van der Waals surface area contributed by atoms with Crippen molar-refractivity contribution in [2.75, 3.05) is 45.9 Å². The zero-order valence-corrected chi connectivity index (χ0v) is 11.0. The van der Waals surface area contributed by atoms with Gasteiger partial charge in [0.15, 0.2) is 0 Å². The molecule has 1 atom stereocenters. The molecule has 1 aromatic rings. The van der Waals surface area contributed by atoms with E-state index in [1.807, 2.05) is 0 Å². The summed E-state index contributed by atoms with van der Waals surface area (Å²) in [7, 11) is 0. The minimum absolute atomic E-state index is 0.178. The fraction of sp³-hybridized carbons (Fsp3) is 0.571. The summed E-state index contributed by atoms with van der Waals surface area (Å²) in [5.74, 6) is -0.353. The first kappa shape index (κ1) is 14.4. The van der Waals surface area contributed by atoms with Gasteiger partial charge >= 0.3 is 0 Å². The van der Waals surface area contributed by atoms with Gasteiger partial charge in [0.2, 0.25) is 0 Å². The number of β-amino-alcohol motifs (C(OH)–C–C–N with tert-alkyl or cyclic N) is 2. The number of benzene rings is 1. The van der Waals surface area contributed by atoms with E-state index < -0.39 is 6.10 Å². The number of nitrogens with zero attached hydrogens (tertiary/aromatic N) is 2. The van der Waals surface area contributed by atoms with Crippen LogP contribution in [-0.4, -0.2) is 65.9 Å². The molecule has 1 aromatic carbocycles. The molecule has 2 N–H and O–H groups in total. The van der Waals surface area contributed by atoms with E-state index in [0.29, 0.717) is 18.7 Å². The summed E-state index contributed by atoms with van der Waals surface area (Å²) in [6.45, 7) is 4.77. The molecule has 0 aromatic heterocycles. The van der Waals surface area contributed by atoms with E-state index in [2.05, 4.69) is 9.80 Å². The van der Waals surface area contributed by atoms with Crippen molar-refractivity contribution in [2.24, 2.45) is 0 Å². The molecule has 5 heteroatoms. The standard InChI is InChI=1S/C14H21FN2O2/c15-13-4-2-1-3-12(13)14(19)11-17-7-5-16(6-8-17)9-10-18/h1-4,14,18-19H,5-11H2/t14-/m1/s1. The van der Waals surface area contributed by atoms with Crippen LogP contribution in [0.2, 0.25) is 0 Å². The van der Waals surface area contributed by atoms with Gasteiger partial charge in [-0.15, -0.1) is 0 Å². The molecule has 0 bridgehead atoms. The molecular weight excluding hydrogens is 247 g/mol. The fourth-order valence-corrected chi connectivity index (χ4v) is 2.43. The highest BCUT2D eigenvalue weighted by molar-refractivity contribution is 5.20. The lowest BCUT2D eigenvalue weighted by molar-refractivity contribution is 0.0647. The molecule has 0 amide bonds. The highest BCUT2D eigenvalue weighted by Gasteiger charge is 2.20. The highest BCUT2D eigenvalue weighted by Crippen LogP contribution is 2.18. The van der Waals surface area contributed by atoms with Gasteiger partial charge in [0.05, 0.1) is 12.7 Å². The Bertz CT molecular complexity index is 395. The minimum Gasteiger partial charge on any atom is -0.395 e. The van der Waals surface area contributed by atoms with Crippen LogP contribution in [0.3, 0.4) is 0 Å². The van der Waals surface area contributed by atoms with Crippen LogP contribution in [0.4, 0.5) is 4.39 Å². The molecule has 1 saturated heterocycles. The molecule has 19 heavy (non-hydrogen) atoms. The van der Waals surface area contributed by atoms with Crippen LogP contribution < -0.4 is 0 Å². The SMILES string of the molecule is OCCN1CCN(C[C@@H](O)c2ccccc2F)CC1. The van der Waals surface area contributed by atoms with Crippen LogP contribution >= 0.6 is 0 Å². The molecular formula is C14H21FN2O2. The summed E-state index contributed by atoms with van der Waals surface area (Å²) in [6.07, 6.45) is -0.786. The topological polar surface area (TPSA) is 46.9 Å². The van der Waals surface area contributed by atoms with Crippen molar-refractivity contribution < 1.29 is 14.6 Å². The number of piperazine rings is 1. The van der Waals surface area contributed by atoms with Gasteiger partial charge in [0.25, 0.3) is 0 Å². The lowest BCUT2D eigenvalue weighted by Gasteiger charge is -2.35. The Kier molecular flexibility index (Phi) is 5.27. The number of aliphatic hydroxyl groups is 2. The van der Waals surface area contributed by atoms with Crippen molar-refractivity contribution in [3.63, 3.8) is 0 Å². The Balaban J connectivity index is 1.84. The Labute approximate surface area is 113 Å². The molecule has 1 aliphatic heterocycles. The average Bonchev–Trinajstić information content (AvgIpc) is 2.42. The van der Waals surface area contributed by atoms with Crippen LogP contribution in [0.5, 0.6) is 0 Å². The van der Waals surface area contributed by atoms with Gasteiger partial charge in [-0.3, -0.25) is 9.80 Å². The Hall–Kier alpha value is -1.01. The fourth-order valence-electron chi connectivity index (χ4n) is 2.43. The van der Waals surface area contributed by atoms with Crippen LogP contribution in [0.25, 0.3) is 0 Å². The van der Waals surface area contributed by atoms with Crippen LogP contribution in [0.1, 0.15) is 11.7 Å². The molecule has 1 fully saturated rings. The average molecular weight is 268 g/mol. The predicted octanol–water partition coefficient (Wildman–Crippen LogP) is 0.469. The van der Waals surface area contributed by atoms with Crippen molar-refractivity contribution in [1.29, 1.82) is 0 Å². The first-order valence-corrected chi connectivity index (χ1v) is 6.69. The molecule has 0 unspecified atom stereocenters. The van der Waals surface area contributed by atoms with Crippen molar-refractivity contribution in [2.45, 2.75) is 6.10 Å². The molecule has 1 heterocycles.